The minimum atomic E-state index is -0.529. The van der Waals surface area contributed by atoms with E-state index in [0.29, 0.717) is 12.0 Å². The Bertz CT molecular complexity index is 385. The Hall–Kier alpha value is -0.830. The van der Waals surface area contributed by atoms with Crippen LogP contribution in [0.15, 0.2) is 12.2 Å². The molecule has 88 valence electrons. The molecule has 0 aromatic rings. The van der Waals surface area contributed by atoms with Crippen LogP contribution in [0.5, 0.6) is 0 Å². The van der Waals surface area contributed by atoms with Crippen molar-refractivity contribution in [3.8, 4) is 0 Å². The molecule has 3 aliphatic carbocycles. The Labute approximate surface area is 95.5 Å². The molecule has 0 heterocycles. The maximum absolute atomic E-state index is 11.6. The summed E-state index contributed by atoms with van der Waals surface area (Å²) in [7, 11) is 0. The van der Waals surface area contributed by atoms with Crippen molar-refractivity contribution in [2.75, 3.05) is 0 Å². The minimum Gasteiger partial charge on any atom is -0.456 e. The van der Waals surface area contributed by atoms with Gasteiger partial charge in [-0.1, -0.05) is 6.58 Å². The largest absolute Gasteiger partial charge is 0.456 e. The smallest absolute Gasteiger partial charge is 0.333 e. The van der Waals surface area contributed by atoms with E-state index < -0.39 is 5.60 Å². The molecule has 3 rings (SSSR count). The monoisotopic (exact) mass is 222 g/mol. The number of esters is 1. The van der Waals surface area contributed by atoms with E-state index in [4.69, 9.17) is 4.74 Å². The van der Waals surface area contributed by atoms with Gasteiger partial charge in [0.15, 0.2) is 0 Å². The van der Waals surface area contributed by atoms with Crippen LogP contribution in [0.2, 0.25) is 0 Å². The van der Waals surface area contributed by atoms with Crippen molar-refractivity contribution in [2.45, 2.75) is 56.7 Å². The van der Waals surface area contributed by atoms with Crippen molar-refractivity contribution >= 4 is 5.97 Å². The molecule has 0 aromatic heterocycles. The minimum absolute atomic E-state index is 0.0839. The number of ether oxygens (including phenoxy) is 1. The quantitative estimate of drug-likeness (QED) is 0.573. The normalized spacial score (nSPS) is 48.4. The van der Waals surface area contributed by atoms with Gasteiger partial charge < -0.3 is 9.84 Å². The molecule has 3 aliphatic rings. The maximum Gasteiger partial charge on any atom is 0.333 e. The summed E-state index contributed by atoms with van der Waals surface area (Å²) < 4.78 is 5.59. The van der Waals surface area contributed by atoms with Gasteiger partial charge in [-0.2, -0.15) is 0 Å². The zero-order valence-corrected chi connectivity index (χ0v) is 9.71. The second-order valence-electron chi connectivity index (χ2n) is 6.05. The zero-order valence-electron chi connectivity index (χ0n) is 9.71. The number of hydrogen-bond donors (Lipinski definition) is 1. The summed E-state index contributed by atoms with van der Waals surface area (Å²) in [5.41, 5.74) is -0.387. The van der Waals surface area contributed by atoms with E-state index in [1.165, 1.54) is 0 Å². The first-order valence-electron chi connectivity index (χ1n) is 6.02. The number of carbonyl (C=O) groups is 1. The molecule has 0 aromatic carbocycles. The molecule has 0 saturated heterocycles. The predicted octanol–water partition coefficient (Wildman–Crippen LogP) is 1.94. The fraction of sp³-hybridized carbons (Fsp3) is 0.769. The molecule has 3 atom stereocenters. The molecule has 3 unspecified atom stereocenters. The van der Waals surface area contributed by atoms with Gasteiger partial charge in [-0.3, -0.25) is 0 Å². The Morgan fingerprint density at radius 1 is 1.31 bits per heavy atom. The summed E-state index contributed by atoms with van der Waals surface area (Å²) >= 11 is 0. The molecule has 16 heavy (non-hydrogen) atoms. The van der Waals surface area contributed by atoms with E-state index in [0.717, 1.165) is 32.1 Å². The summed E-state index contributed by atoms with van der Waals surface area (Å²) in [5, 5.41) is 10.3. The van der Waals surface area contributed by atoms with Crippen LogP contribution in [-0.4, -0.2) is 22.3 Å². The molecular formula is C13H18O3. The fourth-order valence-corrected chi connectivity index (χ4v) is 3.95. The molecule has 2 bridgehead atoms. The highest BCUT2D eigenvalue weighted by Gasteiger charge is 2.77. The first-order chi connectivity index (χ1) is 7.41. The van der Waals surface area contributed by atoms with Gasteiger partial charge >= 0.3 is 5.97 Å². The molecular weight excluding hydrogens is 204 g/mol. The van der Waals surface area contributed by atoms with Gasteiger partial charge in [0.2, 0.25) is 0 Å². The Kier molecular flexibility index (Phi) is 1.74. The summed E-state index contributed by atoms with van der Waals surface area (Å²) in [6.45, 7) is 5.28. The van der Waals surface area contributed by atoms with E-state index in [-0.39, 0.29) is 17.0 Å². The third kappa shape index (κ3) is 1.15. The molecule has 1 N–H and O–H groups in total. The van der Waals surface area contributed by atoms with Gasteiger partial charge in [0.05, 0.1) is 5.60 Å². The Morgan fingerprint density at radius 2 is 2.06 bits per heavy atom. The third-order valence-electron chi connectivity index (χ3n) is 4.71. The van der Waals surface area contributed by atoms with E-state index in [1.54, 1.807) is 6.92 Å². The summed E-state index contributed by atoms with van der Waals surface area (Å²) in [4.78, 5) is 11.6. The standard InChI is InChI=1S/C13H18O3/c1-9(2)10(14)16-12-5-3-4-11(6-12)7-13(11,15)8-12/h15H,1,3-8H2,2H3. The predicted molar refractivity (Wildman–Crippen MR) is 58.7 cm³/mol. The van der Waals surface area contributed by atoms with E-state index in [9.17, 15) is 9.90 Å². The van der Waals surface area contributed by atoms with E-state index in [2.05, 4.69) is 6.58 Å². The van der Waals surface area contributed by atoms with Gasteiger partial charge in [0.1, 0.15) is 5.60 Å². The lowest BCUT2D eigenvalue weighted by Crippen LogP contribution is -2.37. The van der Waals surface area contributed by atoms with Crippen LogP contribution < -0.4 is 0 Å². The summed E-state index contributed by atoms with van der Waals surface area (Å²) in [6, 6.07) is 0. The van der Waals surface area contributed by atoms with Gasteiger partial charge in [0.25, 0.3) is 0 Å². The van der Waals surface area contributed by atoms with Crippen LogP contribution in [0.1, 0.15) is 45.4 Å². The van der Waals surface area contributed by atoms with Crippen molar-refractivity contribution < 1.29 is 14.6 Å². The average Bonchev–Trinajstić information content (AvgIpc) is 2.61. The maximum atomic E-state index is 11.6. The van der Waals surface area contributed by atoms with Crippen molar-refractivity contribution in [3.63, 3.8) is 0 Å². The third-order valence-corrected chi connectivity index (χ3v) is 4.71. The number of aliphatic hydroxyl groups is 1. The van der Waals surface area contributed by atoms with Crippen molar-refractivity contribution in [1.82, 2.24) is 0 Å². The van der Waals surface area contributed by atoms with Crippen LogP contribution >= 0.6 is 0 Å². The highest BCUT2D eigenvalue weighted by atomic mass is 16.6. The zero-order chi connectivity index (χ0) is 11.6. The molecule has 3 saturated carbocycles. The van der Waals surface area contributed by atoms with Gasteiger partial charge in [-0.05, 0) is 39.0 Å². The molecule has 3 fully saturated rings. The van der Waals surface area contributed by atoms with Crippen molar-refractivity contribution in [1.29, 1.82) is 0 Å². The van der Waals surface area contributed by atoms with Crippen molar-refractivity contribution in [3.05, 3.63) is 12.2 Å². The molecule has 1 spiro atoms. The van der Waals surface area contributed by atoms with Gasteiger partial charge in [-0.25, -0.2) is 4.79 Å². The second kappa shape index (κ2) is 2.70. The van der Waals surface area contributed by atoms with Crippen LogP contribution in [0.3, 0.4) is 0 Å². The van der Waals surface area contributed by atoms with Crippen molar-refractivity contribution in [2.24, 2.45) is 5.41 Å². The molecule has 0 radical (unpaired) electrons. The van der Waals surface area contributed by atoms with E-state index in [1.807, 2.05) is 0 Å². The first kappa shape index (κ1) is 10.3. The second-order valence-corrected chi connectivity index (χ2v) is 6.05. The van der Waals surface area contributed by atoms with E-state index >= 15 is 0 Å². The molecule has 0 amide bonds. The number of rotatable bonds is 2. The van der Waals surface area contributed by atoms with Crippen LogP contribution in [-0.2, 0) is 9.53 Å². The molecule has 3 nitrogen and oxygen atoms in total. The number of hydrogen-bond acceptors (Lipinski definition) is 3. The summed E-state index contributed by atoms with van der Waals surface area (Å²) in [5.74, 6) is -0.304. The van der Waals surface area contributed by atoms with Crippen LogP contribution in [0.25, 0.3) is 0 Å². The average molecular weight is 222 g/mol. The number of carbonyl (C=O) groups excluding carboxylic acids is 1. The highest BCUT2D eigenvalue weighted by Crippen LogP contribution is 2.75. The molecule has 0 aliphatic heterocycles. The first-order valence-corrected chi connectivity index (χ1v) is 6.02. The Balaban J connectivity index is 1.81. The van der Waals surface area contributed by atoms with Gasteiger partial charge in [0, 0.05) is 17.4 Å². The topological polar surface area (TPSA) is 46.5 Å². The summed E-state index contributed by atoms with van der Waals surface area (Å²) in [6.07, 6.45) is 5.46. The van der Waals surface area contributed by atoms with Crippen LogP contribution in [0.4, 0.5) is 0 Å². The van der Waals surface area contributed by atoms with Gasteiger partial charge in [-0.15, -0.1) is 0 Å². The Morgan fingerprint density at radius 3 is 2.75 bits per heavy atom. The number of fused-ring (bicyclic) bond motifs is 1. The fourth-order valence-electron chi connectivity index (χ4n) is 3.95. The lowest BCUT2D eigenvalue weighted by molar-refractivity contribution is -0.159. The van der Waals surface area contributed by atoms with Crippen LogP contribution in [0, 0.1) is 5.41 Å². The highest BCUT2D eigenvalue weighted by molar-refractivity contribution is 5.87. The lowest BCUT2D eigenvalue weighted by Gasteiger charge is -2.35. The molecule has 3 heteroatoms. The SMILES string of the molecule is C=C(C)C(=O)OC12CCCC3(C1)CC3(O)C2. The lowest BCUT2D eigenvalue weighted by atomic mass is 9.80.